The normalized spacial score (nSPS) is 20.6. The summed E-state index contributed by atoms with van der Waals surface area (Å²) in [6, 6.07) is 5.68. The van der Waals surface area contributed by atoms with E-state index in [0.29, 0.717) is 0 Å². The van der Waals surface area contributed by atoms with Crippen LogP contribution >= 0.6 is 0 Å². The van der Waals surface area contributed by atoms with E-state index in [0.717, 1.165) is 48.7 Å². The second kappa shape index (κ2) is 5.19. The van der Waals surface area contributed by atoms with Crippen LogP contribution in [0.15, 0.2) is 23.9 Å². The molecule has 106 valence electrons. The summed E-state index contributed by atoms with van der Waals surface area (Å²) in [6.07, 6.45) is 3.95. The summed E-state index contributed by atoms with van der Waals surface area (Å²) in [7, 11) is 3.26. The van der Waals surface area contributed by atoms with Gasteiger partial charge in [0.1, 0.15) is 11.5 Å². The second-order valence-corrected chi connectivity index (χ2v) is 5.30. The highest BCUT2D eigenvalue weighted by atomic mass is 16.5. The number of ether oxygens (including phenoxy) is 2. The van der Waals surface area contributed by atoms with Gasteiger partial charge < -0.3 is 14.4 Å². The largest absolute Gasteiger partial charge is 0.497 e. The van der Waals surface area contributed by atoms with Gasteiger partial charge in [-0.25, -0.2) is 0 Å². The number of rotatable bonds is 3. The topological polar surface area (TPSA) is 38.8 Å². The van der Waals surface area contributed by atoms with Crippen LogP contribution < -0.4 is 9.47 Å². The van der Waals surface area contributed by atoms with Gasteiger partial charge in [0.15, 0.2) is 5.78 Å². The molecule has 4 rings (SSSR count). The zero-order valence-corrected chi connectivity index (χ0v) is 11.9. The number of carbonyl (C=O) groups excluding carboxylic acids is 1. The fourth-order valence-corrected chi connectivity index (χ4v) is 2.98. The maximum absolute atomic E-state index is 12.3. The minimum absolute atomic E-state index is 0.221. The molecule has 4 nitrogen and oxygen atoms in total. The Hall–Kier alpha value is -1.97. The fraction of sp³-hybridized carbons (Fsp3) is 0.438. The maximum Gasteiger partial charge on any atom is 0.182 e. The Labute approximate surface area is 119 Å². The third-order valence-electron chi connectivity index (χ3n) is 4.14. The van der Waals surface area contributed by atoms with E-state index in [1.807, 2.05) is 24.3 Å². The van der Waals surface area contributed by atoms with Gasteiger partial charge in [0.2, 0.25) is 0 Å². The van der Waals surface area contributed by atoms with Gasteiger partial charge in [-0.2, -0.15) is 0 Å². The van der Waals surface area contributed by atoms with Crippen LogP contribution in [0.4, 0.5) is 0 Å². The van der Waals surface area contributed by atoms with Crippen molar-refractivity contribution in [3.8, 4) is 11.5 Å². The van der Waals surface area contributed by atoms with E-state index in [1.165, 1.54) is 0 Å². The van der Waals surface area contributed by atoms with Gasteiger partial charge in [-0.05, 0) is 36.6 Å². The first-order valence-corrected chi connectivity index (χ1v) is 6.95. The summed E-state index contributed by atoms with van der Waals surface area (Å²) in [5.74, 6) is 1.97. The predicted molar refractivity (Wildman–Crippen MR) is 76.8 cm³/mol. The zero-order valence-electron chi connectivity index (χ0n) is 11.9. The Morgan fingerprint density at radius 2 is 1.70 bits per heavy atom. The third kappa shape index (κ3) is 2.26. The standard InChI is InChI=1S/C16H19NO3/c1-19-13-7-11(8-14(10-13)20-2)9-15-16(18)12-3-5-17(15)6-4-12/h7-10,12H,3-6H2,1-2H3/b15-9-. The predicted octanol–water partition coefficient (Wildman–Crippen LogP) is 2.34. The van der Waals surface area contributed by atoms with Crippen LogP contribution in [-0.4, -0.2) is 38.0 Å². The van der Waals surface area contributed by atoms with Crippen LogP contribution in [0.2, 0.25) is 0 Å². The number of Topliss-reactive ketones (excluding diaryl/α,β-unsaturated/α-hetero) is 1. The molecule has 0 aliphatic carbocycles. The quantitative estimate of drug-likeness (QED) is 0.792. The molecule has 0 aromatic heterocycles. The van der Waals surface area contributed by atoms with Crippen molar-refractivity contribution in [3.05, 3.63) is 29.5 Å². The van der Waals surface area contributed by atoms with Gasteiger partial charge in [0, 0.05) is 25.1 Å². The molecule has 3 aliphatic rings. The molecule has 4 heteroatoms. The molecule has 20 heavy (non-hydrogen) atoms. The monoisotopic (exact) mass is 273 g/mol. The van der Waals surface area contributed by atoms with Crippen molar-refractivity contribution in [2.24, 2.45) is 5.92 Å². The molecule has 0 N–H and O–H groups in total. The van der Waals surface area contributed by atoms with Gasteiger partial charge in [-0.3, -0.25) is 4.79 Å². The van der Waals surface area contributed by atoms with Gasteiger partial charge in [-0.15, -0.1) is 0 Å². The Kier molecular flexibility index (Phi) is 3.38. The highest BCUT2D eigenvalue weighted by Gasteiger charge is 2.36. The Morgan fingerprint density at radius 1 is 1.10 bits per heavy atom. The number of benzene rings is 1. The summed E-state index contributed by atoms with van der Waals surface area (Å²) in [5.41, 5.74) is 1.78. The Bertz CT molecular complexity index is 535. The molecule has 3 aliphatic heterocycles. The van der Waals surface area contributed by atoms with Gasteiger partial charge >= 0.3 is 0 Å². The van der Waals surface area contributed by atoms with Crippen LogP contribution in [0.1, 0.15) is 18.4 Å². The van der Waals surface area contributed by atoms with Crippen LogP contribution in [0, 0.1) is 5.92 Å². The van der Waals surface area contributed by atoms with Gasteiger partial charge in [0.25, 0.3) is 0 Å². The fourth-order valence-electron chi connectivity index (χ4n) is 2.98. The number of allylic oxidation sites excluding steroid dienone is 1. The lowest BCUT2D eigenvalue weighted by molar-refractivity contribution is -0.125. The van der Waals surface area contributed by atoms with Crippen LogP contribution in [0.3, 0.4) is 0 Å². The van der Waals surface area contributed by atoms with E-state index in [9.17, 15) is 4.79 Å². The average molecular weight is 273 g/mol. The van der Waals surface area contributed by atoms with E-state index in [4.69, 9.17) is 9.47 Å². The number of fused-ring (bicyclic) bond motifs is 3. The van der Waals surface area contributed by atoms with Crippen molar-refractivity contribution in [2.75, 3.05) is 27.3 Å². The number of hydrogen-bond donors (Lipinski definition) is 0. The van der Waals surface area contributed by atoms with Crippen molar-refractivity contribution >= 4 is 11.9 Å². The first-order valence-electron chi connectivity index (χ1n) is 6.95. The van der Waals surface area contributed by atoms with Crippen molar-refractivity contribution in [1.29, 1.82) is 0 Å². The number of ketones is 1. The Morgan fingerprint density at radius 3 is 2.20 bits per heavy atom. The molecule has 1 aromatic carbocycles. The number of hydrogen-bond acceptors (Lipinski definition) is 4. The molecular formula is C16H19NO3. The zero-order chi connectivity index (χ0) is 14.1. The minimum atomic E-state index is 0.221. The summed E-state index contributed by atoms with van der Waals surface area (Å²) >= 11 is 0. The molecule has 0 amide bonds. The first kappa shape index (κ1) is 13.0. The number of piperidine rings is 3. The van der Waals surface area contributed by atoms with Gasteiger partial charge in [-0.1, -0.05) is 0 Å². The minimum Gasteiger partial charge on any atom is -0.497 e. The molecule has 0 spiro atoms. The molecule has 0 atom stereocenters. The molecule has 3 saturated heterocycles. The highest BCUT2D eigenvalue weighted by molar-refractivity contribution is 6.01. The number of carbonyl (C=O) groups is 1. The Balaban J connectivity index is 1.97. The van der Waals surface area contributed by atoms with Crippen molar-refractivity contribution in [2.45, 2.75) is 12.8 Å². The smallest absolute Gasteiger partial charge is 0.182 e. The van der Waals surface area contributed by atoms with Gasteiger partial charge in [0.05, 0.1) is 19.9 Å². The number of nitrogens with zero attached hydrogens (tertiary/aromatic N) is 1. The highest BCUT2D eigenvalue weighted by Crippen LogP contribution is 2.33. The SMILES string of the molecule is COc1cc(/C=C2/C(=O)C3CCN2CC3)cc(OC)c1. The maximum atomic E-state index is 12.3. The average Bonchev–Trinajstić information content (AvgIpc) is 2.51. The van der Waals surface area contributed by atoms with Crippen LogP contribution in [0.25, 0.3) is 6.08 Å². The van der Waals surface area contributed by atoms with Crippen LogP contribution in [0.5, 0.6) is 11.5 Å². The summed E-state index contributed by atoms with van der Waals surface area (Å²) < 4.78 is 10.5. The molecule has 3 fully saturated rings. The number of methoxy groups -OCH3 is 2. The first-order chi connectivity index (χ1) is 9.71. The molecule has 0 saturated carbocycles. The van der Waals surface area contributed by atoms with E-state index >= 15 is 0 Å². The summed E-state index contributed by atoms with van der Waals surface area (Å²) in [6.45, 7) is 1.98. The lowest BCUT2D eigenvalue weighted by Crippen LogP contribution is -2.45. The molecule has 0 radical (unpaired) electrons. The third-order valence-corrected chi connectivity index (χ3v) is 4.14. The summed E-state index contributed by atoms with van der Waals surface area (Å²) in [5, 5.41) is 0. The lowest BCUT2D eigenvalue weighted by Gasteiger charge is -2.41. The van der Waals surface area contributed by atoms with E-state index < -0.39 is 0 Å². The van der Waals surface area contributed by atoms with Crippen molar-refractivity contribution in [3.63, 3.8) is 0 Å². The van der Waals surface area contributed by atoms with Crippen molar-refractivity contribution in [1.82, 2.24) is 4.90 Å². The molecule has 1 aromatic rings. The molecule has 3 heterocycles. The van der Waals surface area contributed by atoms with Crippen LogP contribution in [-0.2, 0) is 4.79 Å². The second-order valence-electron chi connectivity index (χ2n) is 5.30. The van der Waals surface area contributed by atoms with E-state index in [2.05, 4.69) is 4.90 Å². The van der Waals surface area contributed by atoms with Crippen molar-refractivity contribution < 1.29 is 14.3 Å². The molecule has 0 unspecified atom stereocenters. The van der Waals surface area contributed by atoms with E-state index in [1.54, 1.807) is 14.2 Å². The molecule has 2 bridgehead atoms. The van der Waals surface area contributed by atoms with E-state index in [-0.39, 0.29) is 11.7 Å². The molecular weight excluding hydrogens is 254 g/mol. The summed E-state index contributed by atoms with van der Waals surface area (Å²) in [4.78, 5) is 14.5. The lowest BCUT2D eigenvalue weighted by atomic mass is 9.84.